The Morgan fingerprint density at radius 2 is 1.42 bits per heavy atom. The number of rotatable bonds is 12. The smallest absolute Gasteiger partial charge is 0.242 e. The molecule has 0 aliphatic heterocycles. The molecule has 8 heteroatoms. The average molecular weight is 537 g/mol. The molecular formula is C30H37N2O5P. The predicted molar refractivity (Wildman–Crippen MR) is 151 cm³/mol. The highest BCUT2D eigenvalue weighted by molar-refractivity contribution is 7.57. The standard InChI is InChI=1S/C30H37N2O5P/c1-21(2)17-26(29(34)32-28(30(35)31-3)18-22-11-15-27(33)16-12-22)20-38(36,37)19-23-9-13-25(14-10-23)24-7-5-4-6-8-24/h4-16,21,26,28,33H,17-20H2,1-3H3,(H,31,35)(H,32,34)(H,36,37)/t26?,28-/m1/s1. The van der Waals surface area contributed by atoms with E-state index in [-0.39, 0.29) is 36.3 Å². The number of phenolic OH excluding ortho intramolecular Hbond substituents is 1. The second-order valence-electron chi connectivity index (χ2n) is 10.1. The van der Waals surface area contributed by atoms with Crippen molar-refractivity contribution in [2.75, 3.05) is 13.2 Å². The zero-order chi connectivity index (χ0) is 27.7. The summed E-state index contributed by atoms with van der Waals surface area (Å²) in [5.74, 6) is -1.27. The first kappa shape index (κ1) is 29.2. The Hall–Kier alpha value is -3.41. The fourth-order valence-corrected chi connectivity index (χ4v) is 6.42. The molecule has 0 aromatic heterocycles. The van der Waals surface area contributed by atoms with E-state index in [4.69, 9.17) is 0 Å². The monoisotopic (exact) mass is 536 g/mol. The van der Waals surface area contributed by atoms with Crippen molar-refractivity contribution < 1.29 is 24.2 Å². The van der Waals surface area contributed by atoms with E-state index in [1.807, 2.05) is 68.4 Å². The zero-order valence-electron chi connectivity index (χ0n) is 22.1. The van der Waals surface area contributed by atoms with Crippen LogP contribution in [-0.2, 0) is 26.7 Å². The van der Waals surface area contributed by atoms with Gasteiger partial charge in [-0.2, -0.15) is 0 Å². The maximum absolute atomic E-state index is 13.3. The van der Waals surface area contributed by atoms with Crippen molar-refractivity contribution >= 4 is 19.2 Å². The van der Waals surface area contributed by atoms with Gasteiger partial charge < -0.3 is 20.6 Å². The first-order valence-corrected chi connectivity index (χ1v) is 14.8. The van der Waals surface area contributed by atoms with Gasteiger partial charge in [-0.1, -0.05) is 80.6 Å². The van der Waals surface area contributed by atoms with E-state index in [0.29, 0.717) is 6.42 Å². The second-order valence-corrected chi connectivity index (χ2v) is 12.5. The maximum atomic E-state index is 13.3. The molecule has 3 atom stereocenters. The van der Waals surface area contributed by atoms with Crippen LogP contribution in [0.2, 0.25) is 0 Å². The quantitative estimate of drug-likeness (QED) is 0.244. The van der Waals surface area contributed by atoms with Crippen LogP contribution in [-0.4, -0.2) is 41.1 Å². The first-order valence-electron chi connectivity index (χ1n) is 12.8. The Morgan fingerprint density at radius 1 is 0.842 bits per heavy atom. The second kappa shape index (κ2) is 13.4. The molecule has 4 N–H and O–H groups in total. The fourth-order valence-electron chi connectivity index (χ4n) is 4.50. The lowest BCUT2D eigenvalue weighted by molar-refractivity contribution is -0.130. The summed E-state index contributed by atoms with van der Waals surface area (Å²) in [4.78, 5) is 36.8. The summed E-state index contributed by atoms with van der Waals surface area (Å²) >= 11 is 0. The number of carbonyl (C=O) groups is 2. The summed E-state index contributed by atoms with van der Waals surface area (Å²) in [6.07, 6.45) is 0.446. The molecule has 0 radical (unpaired) electrons. The van der Waals surface area contributed by atoms with E-state index in [9.17, 15) is 24.2 Å². The minimum Gasteiger partial charge on any atom is -0.508 e. The Labute approximate surface area is 224 Å². The van der Waals surface area contributed by atoms with Gasteiger partial charge in [0.2, 0.25) is 19.2 Å². The number of likely N-dealkylation sites (N-methyl/N-ethyl adjacent to an activating group) is 1. The number of hydrogen-bond donors (Lipinski definition) is 4. The predicted octanol–water partition coefficient (Wildman–Crippen LogP) is 4.97. The fraction of sp³-hybridized carbons (Fsp3) is 0.333. The molecule has 2 unspecified atom stereocenters. The van der Waals surface area contributed by atoms with Crippen LogP contribution in [0.3, 0.4) is 0 Å². The number of benzene rings is 3. The van der Waals surface area contributed by atoms with Gasteiger partial charge in [-0.25, -0.2) is 0 Å². The Kier molecular flexibility index (Phi) is 10.3. The number of nitrogens with one attached hydrogen (secondary N) is 2. The molecule has 0 bridgehead atoms. The van der Waals surface area contributed by atoms with E-state index in [0.717, 1.165) is 22.3 Å². The van der Waals surface area contributed by atoms with Crippen molar-refractivity contribution in [2.24, 2.45) is 11.8 Å². The number of amides is 2. The van der Waals surface area contributed by atoms with Crippen LogP contribution in [0, 0.1) is 11.8 Å². The summed E-state index contributed by atoms with van der Waals surface area (Å²) in [5.41, 5.74) is 3.59. The van der Waals surface area contributed by atoms with Gasteiger partial charge in [0, 0.05) is 31.7 Å². The Morgan fingerprint density at radius 3 is 2.00 bits per heavy atom. The van der Waals surface area contributed by atoms with Crippen molar-refractivity contribution in [3.05, 3.63) is 90.0 Å². The van der Waals surface area contributed by atoms with Crippen molar-refractivity contribution in [1.82, 2.24) is 10.6 Å². The first-order chi connectivity index (χ1) is 18.1. The summed E-state index contributed by atoms with van der Waals surface area (Å²) in [6.45, 7) is 3.91. The van der Waals surface area contributed by atoms with Crippen LogP contribution in [0.25, 0.3) is 11.1 Å². The van der Waals surface area contributed by atoms with E-state index in [2.05, 4.69) is 10.6 Å². The van der Waals surface area contributed by atoms with Gasteiger partial charge in [-0.05, 0) is 46.7 Å². The molecule has 3 rings (SSSR count). The lowest BCUT2D eigenvalue weighted by Gasteiger charge is -2.25. The molecular weight excluding hydrogens is 499 g/mol. The van der Waals surface area contributed by atoms with Gasteiger partial charge >= 0.3 is 0 Å². The van der Waals surface area contributed by atoms with Gasteiger partial charge in [0.15, 0.2) is 0 Å². The summed E-state index contributed by atoms with van der Waals surface area (Å²) in [5, 5.41) is 14.9. The van der Waals surface area contributed by atoms with Gasteiger partial charge in [0.05, 0.1) is 0 Å². The van der Waals surface area contributed by atoms with Crippen molar-refractivity contribution in [1.29, 1.82) is 0 Å². The lowest BCUT2D eigenvalue weighted by atomic mass is 9.97. The maximum Gasteiger partial charge on any atom is 0.242 e. The SMILES string of the molecule is CNC(=O)[C@@H](Cc1ccc(O)cc1)NC(=O)C(CC(C)C)CP(=O)(O)Cc1ccc(-c2ccccc2)cc1. The highest BCUT2D eigenvalue weighted by Crippen LogP contribution is 2.47. The van der Waals surface area contributed by atoms with E-state index in [1.165, 1.54) is 19.2 Å². The normalized spacial score (nSPS) is 14.3. The topological polar surface area (TPSA) is 116 Å². The van der Waals surface area contributed by atoms with Crippen LogP contribution in [0.15, 0.2) is 78.9 Å². The molecule has 3 aromatic carbocycles. The van der Waals surface area contributed by atoms with Crippen LogP contribution in [0.4, 0.5) is 0 Å². The Bertz CT molecular complexity index is 1240. The average Bonchev–Trinajstić information content (AvgIpc) is 2.89. The molecule has 0 saturated heterocycles. The summed E-state index contributed by atoms with van der Waals surface area (Å²) in [6, 6.07) is 23.0. The van der Waals surface area contributed by atoms with Gasteiger partial charge in [0.25, 0.3) is 0 Å². The third kappa shape index (κ3) is 8.86. The molecule has 7 nitrogen and oxygen atoms in total. The molecule has 0 saturated carbocycles. The summed E-state index contributed by atoms with van der Waals surface area (Å²) in [7, 11) is -2.21. The molecule has 202 valence electrons. The van der Waals surface area contributed by atoms with Crippen LogP contribution < -0.4 is 10.6 Å². The van der Waals surface area contributed by atoms with Gasteiger partial charge in [0.1, 0.15) is 11.8 Å². The van der Waals surface area contributed by atoms with Crippen molar-refractivity contribution in [3.63, 3.8) is 0 Å². The largest absolute Gasteiger partial charge is 0.508 e. The molecule has 0 spiro atoms. The van der Waals surface area contributed by atoms with E-state index >= 15 is 0 Å². The molecule has 2 amide bonds. The minimum atomic E-state index is -3.70. The molecule has 0 aliphatic carbocycles. The van der Waals surface area contributed by atoms with E-state index in [1.54, 1.807) is 12.1 Å². The molecule has 38 heavy (non-hydrogen) atoms. The van der Waals surface area contributed by atoms with Crippen LogP contribution >= 0.6 is 7.37 Å². The third-order valence-electron chi connectivity index (χ3n) is 6.38. The van der Waals surface area contributed by atoms with Crippen molar-refractivity contribution in [3.8, 4) is 16.9 Å². The lowest BCUT2D eigenvalue weighted by Crippen LogP contribution is -2.49. The number of carbonyl (C=O) groups excluding carboxylic acids is 2. The van der Waals surface area contributed by atoms with Gasteiger partial charge in [-0.3, -0.25) is 14.2 Å². The number of phenols is 1. The minimum absolute atomic E-state index is 0.0314. The highest BCUT2D eigenvalue weighted by atomic mass is 31.2. The zero-order valence-corrected chi connectivity index (χ0v) is 23.0. The molecule has 3 aromatic rings. The van der Waals surface area contributed by atoms with Crippen LogP contribution in [0.5, 0.6) is 5.75 Å². The molecule has 0 fully saturated rings. The van der Waals surface area contributed by atoms with Gasteiger partial charge in [-0.15, -0.1) is 0 Å². The van der Waals surface area contributed by atoms with Crippen molar-refractivity contribution in [2.45, 2.75) is 38.9 Å². The van der Waals surface area contributed by atoms with Crippen LogP contribution in [0.1, 0.15) is 31.4 Å². The Balaban J connectivity index is 1.71. The summed E-state index contributed by atoms with van der Waals surface area (Å²) < 4.78 is 13.3. The molecule has 0 aliphatic rings. The highest BCUT2D eigenvalue weighted by Gasteiger charge is 2.32. The third-order valence-corrected chi connectivity index (χ3v) is 8.25. The molecule has 0 heterocycles. The van der Waals surface area contributed by atoms with E-state index < -0.39 is 25.2 Å². The number of aromatic hydroxyl groups is 1. The number of hydrogen-bond acceptors (Lipinski definition) is 4.